The van der Waals surface area contributed by atoms with Crippen molar-refractivity contribution in [3.63, 3.8) is 0 Å². The summed E-state index contributed by atoms with van der Waals surface area (Å²) in [6.07, 6.45) is 2.34. The fourth-order valence-corrected chi connectivity index (χ4v) is 1.97. The molecule has 0 fully saturated rings. The Labute approximate surface area is 105 Å². The van der Waals surface area contributed by atoms with Gasteiger partial charge >= 0.3 is 5.63 Å². The summed E-state index contributed by atoms with van der Waals surface area (Å²) in [7, 11) is 1.57. The van der Waals surface area contributed by atoms with Gasteiger partial charge in [-0.3, -0.25) is 0 Å². The number of benzene rings is 1. The molecule has 0 unspecified atom stereocenters. The van der Waals surface area contributed by atoms with Crippen LogP contribution in [0.5, 0.6) is 5.75 Å². The fourth-order valence-electron chi connectivity index (χ4n) is 1.97. The molecule has 0 aliphatic rings. The van der Waals surface area contributed by atoms with Crippen molar-refractivity contribution in [1.29, 1.82) is 0 Å². The highest BCUT2D eigenvalue weighted by atomic mass is 16.5. The van der Waals surface area contributed by atoms with Crippen LogP contribution in [0, 0.1) is 0 Å². The monoisotopic (exact) mass is 248 g/mol. The number of aliphatic hydroxyl groups excluding tert-OH is 1. The number of aryl methyl sites for hydroxylation is 1. The Balaban J connectivity index is 2.42. The van der Waals surface area contributed by atoms with Gasteiger partial charge in [0.05, 0.1) is 7.11 Å². The smallest absolute Gasteiger partial charge is 0.336 e. The van der Waals surface area contributed by atoms with E-state index in [1.807, 2.05) is 12.1 Å². The molecule has 18 heavy (non-hydrogen) atoms. The molecule has 0 atom stereocenters. The van der Waals surface area contributed by atoms with E-state index < -0.39 is 0 Å². The number of methoxy groups -OCH3 is 1. The van der Waals surface area contributed by atoms with Crippen LogP contribution in [0.25, 0.3) is 11.0 Å². The quantitative estimate of drug-likeness (QED) is 0.650. The molecule has 0 saturated heterocycles. The van der Waals surface area contributed by atoms with Crippen LogP contribution in [0.3, 0.4) is 0 Å². The van der Waals surface area contributed by atoms with Crippen LogP contribution in [0.2, 0.25) is 0 Å². The Kier molecular flexibility index (Phi) is 3.99. The second-order valence-corrected chi connectivity index (χ2v) is 4.13. The third-order valence-electron chi connectivity index (χ3n) is 2.89. The highest BCUT2D eigenvalue weighted by Gasteiger charge is 2.06. The molecule has 1 aromatic heterocycles. The van der Waals surface area contributed by atoms with Crippen LogP contribution in [-0.2, 0) is 6.42 Å². The first kappa shape index (κ1) is 12.6. The predicted molar refractivity (Wildman–Crippen MR) is 69.1 cm³/mol. The lowest BCUT2D eigenvalue weighted by atomic mass is 10.0. The number of ether oxygens (including phenoxy) is 1. The number of hydrogen-bond acceptors (Lipinski definition) is 4. The summed E-state index contributed by atoms with van der Waals surface area (Å²) in [6.45, 7) is 0.174. The first-order chi connectivity index (χ1) is 8.74. The van der Waals surface area contributed by atoms with Crippen LogP contribution < -0.4 is 10.4 Å². The molecular weight excluding hydrogens is 232 g/mol. The van der Waals surface area contributed by atoms with Gasteiger partial charge in [-0.25, -0.2) is 4.79 Å². The molecule has 2 rings (SSSR count). The molecule has 0 saturated carbocycles. The van der Waals surface area contributed by atoms with E-state index in [0.717, 1.165) is 30.2 Å². The van der Waals surface area contributed by atoms with Gasteiger partial charge in [-0.1, -0.05) is 0 Å². The molecule has 1 N–H and O–H groups in total. The van der Waals surface area contributed by atoms with Crippen LogP contribution in [0.4, 0.5) is 0 Å². The van der Waals surface area contributed by atoms with E-state index in [1.165, 1.54) is 6.07 Å². The van der Waals surface area contributed by atoms with Crippen molar-refractivity contribution >= 4 is 11.0 Å². The fraction of sp³-hybridized carbons (Fsp3) is 0.357. The van der Waals surface area contributed by atoms with Gasteiger partial charge in [0.2, 0.25) is 0 Å². The molecule has 2 aromatic rings. The maximum Gasteiger partial charge on any atom is 0.336 e. The van der Waals surface area contributed by atoms with Gasteiger partial charge in [-0.15, -0.1) is 0 Å². The molecule has 1 aromatic carbocycles. The van der Waals surface area contributed by atoms with E-state index >= 15 is 0 Å². The lowest BCUT2D eigenvalue weighted by Crippen LogP contribution is -2.01. The van der Waals surface area contributed by atoms with Gasteiger partial charge in [0.1, 0.15) is 11.3 Å². The lowest BCUT2D eigenvalue weighted by Gasteiger charge is -2.06. The molecule has 4 heteroatoms. The molecule has 0 spiro atoms. The van der Waals surface area contributed by atoms with E-state index in [9.17, 15) is 4.79 Å². The molecule has 96 valence electrons. The van der Waals surface area contributed by atoms with Crippen molar-refractivity contribution in [1.82, 2.24) is 0 Å². The molecule has 0 amide bonds. The van der Waals surface area contributed by atoms with Crippen LogP contribution in [-0.4, -0.2) is 18.8 Å². The summed E-state index contributed by atoms with van der Waals surface area (Å²) in [5.74, 6) is 0.665. The second kappa shape index (κ2) is 5.69. The molecule has 1 heterocycles. The average molecular weight is 248 g/mol. The topological polar surface area (TPSA) is 59.7 Å². The molecule has 0 radical (unpaired) electrons. The van der Waals surface area contributed by atoms with Gasteiger partial charge in [-0.2, -0.15) is 0 Å². The summed E-state index contributed by atoms with van der Waals surface area (Å²) in [4.78, 5) is 11.5. The van der Waals surface area contributed by atoms with Gasteiger partial charge in [0.25, 0.3) is 0 Å². The van der Waals surface area contributed by atoms with E-state index in [2.05, 4.69) is 0 Å². The largest absolute Gasteiger partial charge is 0.497 e. The zero-order valence-corrected chi connectivity index (χ0v) is 10.3. The Morgan fingerprint density at radius 3 is 2.83 bits per heavy atom. The van der Waals surface area contributed by atoms with E-state index in [1.54, 1.807) is 13.2 Å². The molecule has 0 bridgehead atoms. The highest BCUT2D eigenvalue weighted by molar-refractivity contribution is 5.81. The first-order valence-electron chi connectivity index (χ1n) is 5.96. The number of aliphatic hydroxyl groups is 1. The zero-order valence-electron chi connectivity index (χ0n) is 10.3. The normalized spacial score (nSPS) is 10.8. The minimum atomic E-state index is -0.352. The minimum Gasteiger partial charge on any atom is -0.497 e. The molecular formula is C14H16O4. The third kappa shape index (κ3) is 2.71. The number of rotatable bonds is 5. The number of fused-ring (bicyclic) bond motifs is 1. The third-order valence-corrected chi connectivity index (χ3v) is 2.89. The molecule has 0 aliphatic carbocycles. The summed E-state index contributed by atoms with van der Waals surface area (Å²) in [5, 5.41) is 9.71. The van der Waals surface area contributed by atoms with Gasteiger partial charge in [0, 0.05) is 24.1 Å². The van der Waals surface area contributed by atoms with Crippen molar-refractivity contribution in [2.75, 3.05) is 13.7 Å². The maximum absolute atomic E-state index is 11.5. The standard InChI is InChI=1S/C14H16O4/c1-17-11-5-6-12-10(4-2-3-7-15)8-14(16)18-13(12)9-11/h5-6,8-9,15H,2-4,7H2,1H3. The Bertz CT molecular complexity index is 586. The SMILES string of the molecule is COc1ccc2c(CCCCO)cc(=O)oc2c1. The lowest BCUT2D eigenvalue weighted by molar-refractivity contribution is 0.284. The van der Waals surface area contributed by atoms with E-state index in [-0.39, 0.29) is 12.2 Å². The first-order valence-corrected chi connectivity index (χ1v) is 5.96. The average Bonchev–Trinajstić information content (AvgIpc) is 2.38. The summed E-state index contributed by atoms with van der Waals surface area (Å²) in [6, 6.07) is 6.97. The minimum absolute atomic E-state index is 0.174. The van der Waals surface area contributed by atoms with Gasteiger partial charge in [0.15, 0.2) is 0 Å². The van der Waals surface area contributed by atoms with Crippen molar-refractivity contribution in [3.05, 3.63) is 40.2 Å². The van der Waals surface area contributed by atoms with Gasteiger partial charge < -0.3 is 14.3 Å². The summed E-state index contributed by atoms with van der Waals surface area (Å²) >= 11 is 0. The van der Waals surface area contributed by atoms with E-state index in [0.29, 0.717) is 11.3 Å². The Morgan fingerprint density at radius 1 is 1.28 bits per heavy atom. The van der Waals surface area contributed by atoms with Gasteiger partial charge in [-0.05, 0) is 37.0 Å². The van der Waals surface area contributed by atoms with Crippen molar-refractivity contribution in [2.24, 2.45) is 0 Å². The zero-order chi connectivity index (χ0) is 13.0. The maximum atomic E-state index is 11.5. The summed E-state index contributed by atoms with van der Waals surface area (Å²) in [5.41, 5.74) is 1.15. The Hall–Kier alpha value is -1.81. The number of unbranched alkanes of at least 4 members (excludes halogenated alkanes) is 1. The van der Waals surface area contributed by atoms with E-state index in [4.69, 9.17) is 14.3 Å². The van der Waals surface area contributed by atoms with Crippen molar-refractivity contribution < 1.29 is 14.3 Å². The molecule has 0 aliphatic heterocycles. The van der Waals surface area contributed by atoms with Crippen LogP contribution >= 0.6 is 0 Å². The second-order valence-electron chi connectivity index (χ2n) is 4.13. The highest BCUT2D eigenvalue weighted by Crippen LogP contribution is 2.23. The Morgan fingerprint density at radius 2 is 2.11 bits per heavy atom. The number of hydrogen-bond donors (Lipinski definition) is 1. The predicted octanol–water partition coefficient (Wildman–Crippen LogP) is 2.12. The summed E-state index contributed by atoms with van der Waals surface area (Å²) < 4.78 is 10.3. The van der Waals surface area contributed by atoms with Crippen LogP contribution in [0.15, 0.2) is 33.5 Å². The molecule has 4 nitrogen and oxygen atoms in total. The van der Waals surface area contributed by atoms with Crippen LogP contribution in [0.1, 0.15) is 18.4 Å². The van der Waals surface area contributed by atoms with Crippen molar-refractivity contribution in [2.45, 2.75) is 19.3 Å². The van der Waals surface area contributed by atoms with Crippen molar-refractivity contribution in [3.8, 4) is 5.75 Å².